The number of ether oxygens (including phenoxy) is 1. The van der Waals surface area contributed by atoms with E-state index in [0.29, 0.717) is 19.6 Å². The Hall–Kier alpha value is -2.66. The number of carbonyl (C=O) groups is 2. The molecule has 0 bridgehead atoms. The smallest absolute Gasteiger partial charge is 0.231 e. The van der Waals surface area contributed by atoms with Crippen LogP contribution in [-0.2, 0) is 20.7 Å². The molecule has 5 heteroatoms. The molecule has 5 nitrogen and oxygen atoms in total. The van der Waals surface area contributed by atoms with Crippen LogP contribution in [0.2, 0.25) is 0 Å². The van der Waals surface area contributed by atoms with Crippen LogP contribution in [0, 0.1) is 6.92 Å². The zero-order valence-corrected chi connectivity index (χ0v) is 15.9. The molecule has 0 unspecified atom stereocenters. The first-order chi connectivity index (χ1) is 13.0. The summed E-state index contributed by atoms with van der Waals surface area (Å²) in [7, 11) is 0. The number of hydrogen-bond donors (Lipinski definition) is 1. The maximum atomic E-state index is 13.2. The fraction of sp³-hybridized carbons (Fsp3) is 0.364. The molecule has 27 heavy (non-hydrogen) atoms. The molecule has 1 aliphatic rings. The summed E-state index contributed by atoms with van der Waals surface area (Å²) < 4.78 is 5.47. The van der Waals surface area contributed by atoms with Crippen LogP contribution in [0.25, 0.3) is 0 Å². The van der Waals surface area contributed by atoms with Gasteiger partial charge >= 0.3 is 0 Å². The highest BCUT2D eigenvalue weighted by Gasteiger charge is 2.27. The summed E-state index contributed by atoms with van der Waals surface area (Å²) in [6.45, 7) is 4.86. The van der Waals surface area contributed by atoms with Crippen molar-refractivity contribution in [2.75, 3.05) is 23.4 Å². The van der Waals surface area contributed by atoms with Crippen LogP contribution in [0.15, 0.2) is 48.5 Å². The molecule has 0 aromatic heterocycles. The van der Waals surface area contributed by atoms with E-state index in [-0.39, 0.29) is 17.9 Å². The molecular weight excluding hydrogens is 340 g/mol. The minimum Gasteiger partial charge on any atom is -0.381 e. The Balaban J connectivity index is 1.82. The lowest BCUT2D eigenvalue weighted by molar-refractivity contribution is -0.119. The largest absolute Gasteiger partial charge is 0.381 e. The first kappa shape index (κ1) is 19.1. The van der Waals surface area contributed by atoms with Crippen LogP contribution in [-0.4, -0.2) is 31.1 Å². The third-order valence-electron chi connectivity index (χ3n) is 4.77. The summed E-state index contributed by atoms with van der Waals surface area (Å²) >= 11 is 0. The Morgan fingerprint density at radius 1 is 1.04 bits per heavy atom. The van der Waals surface area contributed by atoms with Gasteiger partial charge in [-0.3, -0.25) is 9.59 Å². The molecule has 2 amide bonds. The Morgan fingerprint density at radius 3 is 2.26 bits per heavy atom. The SMILES string of the molecule is CC(=O)Nc1ccc(N(C(=O)Cc2ccc(C)cc2)C2CCOCC2)cc1. The van der Waals surface area contributed by atoms with Gasteiger partial charge in [-0.2, -0.15) is 0 Å². The predicted octanol–water partition coefficient (Wildman–Crippen LogP) is 3.71. The summed E-state index contributed by atoms with van der Waals surface area (Å²) in [5.74, 6) is -0.0301. The van der Waals surface area contributed by atoms with Crippen LogP contribution >= 0.6 is 0 Å². The number of rotatable bonds is 5. The molecule has 142 valence electrons. The van der Waals surface area contributed by atoms with E-state index in [0.717, 1.165) is 29.8 Å². The lowest BCUT2D eigenvalue weighted by Crippen LogP contribution is -2.44. The number of nitrogens with zero attached hydrogens (tertiary/aromatic N) is 1. The van der Waals surface area contributed by atoms with Gasteiger partial charge in [0, 0.05) is 37.6 Å². The van der Waals surface area contributed by atoms with E-state index in [1.54, 1.807) is 0 Å². The summed E-state index contributed by atoms with van der Waals surface area (Å²) in [6, 6.07) is 15.7. The second kappa shape index (κ2) is 8.82. The van der Waals surface area contributed by atoms with Crippen LogP contribution in [0.5, 0.6) is 0 Å². The predicted molar refractivity (Wildman–Crippen MR) is 107 cm³/mol. The van der Waals surface area contributed by atoms with E-state index in [2.05, 4.69) is 5.32 Å². The molecule has 0 aliphatic carbocycles. The van der Waals surface area contributed by atoms with Gasteiger partial charge in [-0.05, 0) is 49.6 Å². The quantitative estimate of drug-likeness (QED) is 0.878. The number of anilines is 2. The van der Waals surface area contributed by atoms with Crippen molar-refractivity contribution in [2.45, 2.75) is 39.2 Å². The third kappa shape index (κ3) is 5.17. The monoisotopic (exact) mass is 366 g/mol. The molecule has 1 heterocycles. The van der Waals surface area contributed by atoms with Gasteiger partial charge in [0.15, 0.2) is 0 Å². The van der Waals surface area contributed by atoms with Crippen LogP contribution < -0.4 is 10.2 Å². The highest BCUT2D eigenvalue weighted by Crippen LogP contribution is 2.26. The fourth-order valence-corrected chi connectivity index (χ4v) is 3.38. The second-order valence-electron chi connectivity index (χ2n) is 7.00. The molecule has 1 fully saturated rings. The van der Waals surface area contributed by atoms with Crippen molar-refractivity contribution >= 4 is 23.2 Å². The summed E-state index contributed by atoms with van der Waals surface area (Å²) in [6.07, 6.45) is 2.02. The van der Waals surface area contributed by atoms with Crippen molar-refractivity contribution in [2.24, 2.45) is 0 Å². The molecule has 0 spiro atoms. The second-order valence-corrected chi connectivity index (χ2v) is 7.00. The maximum absolute atomic E-state index is 13.2. The number of benzene rings is 2. The van der Waals surface area contributed by atoms with Gasteiger partial charge in [0.25, 0.3) is 0 Å². The van der Waals surface area contributed by atoms with Gasteiger partial charge in [-0.1, -0.05) is 29.8 Å². The first-order valence-electron chi connectivity index (χ1n) is 9.36. The van der Waals surface area contributed by atoms with Crippen molar-refractivity contribution in [3.8, 4) is 0 Å². The van der Waals surface area contributed by atoms with Crippen LogP contribution in [0.1, 0.15) is 30.9 Å². The van der Waals surface area contributed by atoms with Crippen molar-refractivity contribution < 1.29 is 14.3 Å². The van der Waals surface area contributed by atoms with E-state index in [1.807, 2.05) is 60.4 Å². The number of hydrogen-bond acceptors (Lipinski definition) is 3. The van der Waals surface area contributed by atoms with Crippen molar-refractivity contribution in [1.82, 2.24) is 0 Å². The van der Waals surface area contributed by atoms with Gasteiger partial charge < -0.3 is 15.0 Å². The Morgan fingerprint density at radius 2 is 1.67 bits per heavy atom. The summed E-state index contributed by atoms with van der Waals surface area (Å²) in [4.78, 5) is 26.3. The number of carbonyl (C=O) groups excluding carboxylic acids is 2. The van der Waals surface area contributed by atoms with Gasteiger partial charge in [-0.15, -0.1) is 0 Å². The molecular formula is C22H26N2O3. The minimum absolute atomic E-state index is 0.0815. The van der Waals surface area contributed by atoms with Gasteiger partial charge in [0.05, 0.1) is 6.42 Å². The van der Waals surface area contributed by atoms with E-state index >= 15 is 0 Å². The molecule has 1 saturated heterocycles. The van der Waals surface area contributed by atoms with Gasteiger partial charge in [0.1, 0.15) is 0 Å². The van der Waals surface area contributed by atoms with Gasteiger partial charge in [0.2, 0.25) is 11.8 Å². The fourth-order valence-electron chi connectivity index (χ4n) is 3.38. The first-order valence-corrected chi connectivity index (χ1v) is 9.36. The molecule has 2 aromatic carbocycles. The summed E-state index contributed by atoms with van der Waals surface area (Å²) in [5.41, 5.74) is 3.77. The lowest BCUT2D eigenvalue weighted by atomic mass is 10.0. The van der Waals surface area contributed by atoms with E-state index in [4.69, 9.17) is 4.74 Å². The molecule has 0 radical (unpaired) electrons. The average Bonchev–Trinajstić information content (AvgIpc) is 2.66. The van der Waals surface area contributed by atoms with E-state index in [1.165, 1.54) is 12.5 Å². The van der Waals surface area contributed by atoms with Gasteiger partial charge in [-0.25, -0.2) is 0 Å². The van der Waals surface area contributed by atoms with E-state index in [9.17, 15) is 9.59 Å². The van der Waals surface area contributed by atoms with Crippen molar-refractivity contribution in [3.05, 3.63) is 59.7 Å². The van der Waals surface area contributed by atoms with Crippen molar-refractivity contribution in [3.63, 3.8) is 0 Å². The molecule has 1 N–H and O–H groups in total. The lowest BCUT2D eigenvalue weighted by Gasteiger charge is -2.34. The topological polar surface area (TPSA) is 58.6 Å². The summed E-state index contributed by atoms with van der Waals surface area (Å²) in [5, 5.41) is 2.76. The number of amides is 2. The molecule has 0 saturated carbocycles. The molecule has 1 aliphatic heterocycles. The highest BCUT2D eigenvalue weighted by molar-refractivity contribution is 5.96. The minimum atomic E-state index is -0.112. The van der Waals surface area contributed by atoms with E-state index < -0.39 is 0 Å². The number of nitrogens with one attached hydrogen (secondary N) is 1. The Labute approximate surface area is 160 Å². The maximum Gasteiger partial charge on any atom is 0.231 e. The van der Waals surface area contributed by atoms with Crippen LogP contribution in [0.4, 0.5) is 11.4 Å². The number of aryl methyl sites for hydroxylation is 1. The molecule has 2 aromatic rings. The van der Waals surface area contributed by atoms with Crippen molar-refractivity contribution in [1.29, 1.82) is 0 Å². The molecule has 3 rings (SSSR count). The molecule has 0 atom stereocenters. The zero-order chi connectivity index (χ0) is 19.2. The third-order valence-corrected chi connectivity index (χ3v) is 4.77. The Kier molecular flexibility index (Phi) is 6.24. The Bertz CT molecular complexity index is 778. The van der Waals surface area contributed by atoms with Crippen LogP contribution in [0.3, 0.4) is 0 Å². The normalized spacial score (nSPS) is 14.6. The highest BCUT2D eigenvalue weighted by atomic mass is 16.5. The average molecular weight is 366 g/mol. The standard InChI is InChI=1S/C22H26N2O3/c1-16-3-5-18(6-4-16)15-22(26)24(21-11-13-27-14-12-21)20-9-7-19(8-10-20)23-17(2)25/h3-10,21H,11-15H2,1-2H3,(H,23,25). The zero-order valence-electron chi connectivity index (χ0n) is 15.9.